The standard InChI is InChI=1S/C29H36FN5O4S/c1-6-29(5)15-19(4)16-35(29)27-23(28(36)34-40(37,38)26-9-7-8-25(31)33-26)10-11-24(32-27)20-12-21(30)14-22(13-20)39-17-18(2)3/h7-14,18-19H,6,15-17H2,1-5H3,(H2,31,33)(H,34,36). The number of ether oxygens (including phenoxy) is 1. The molecule has 3 heterocycles. The van der Waals surface area contributed by atoms with Gasteiger partial charge < -0.3 is 15.4 Å². The molecule has 1 aromatic carbocycles. The Balaban J connectivity index is 1.79. The third kappa shape index (κ3) is 6.35. The summed E-state index contributed by atoms with van der Waals surface area (Å²) in [5.41, 5.74) is 6.32. The van der Waals surface area contributed by atoms with Crippen molar-refractivity contribution in [2.75, 3.05) is 23.8 Å². The fraction of sp³-hybridized carbons (Fsp3) is 0.414. The lowest BCUT2D eigenvalue weighted by Crippen LogP contribution is -2.43. The summed E-state index contributed by atoms with van der Waals surface area (Å²) < 4.78 is 48.4. The number of carbonyl (C=O) groups is 1. The maximum absolute atomic E-state index is 14.6. The summed E-state index contributed by atoms with van der Waals surface area (Å²) >= 11 is 0. The number of nitrogens with two attached hydrogens (primary N) is 1. The Morgan fingerprint density at radius 2 is 1.98 bits per heavy atom. The Kier molecular flexibility index (Phi) is 8.34. The average molecular weight is 570 g/mol. The molecule has 11 heteroatoms. The van der Waals surface area contributed by atoms with Crippen LogP contribution in [0.1, 0.15) is 57.8 Å². The minimum Gasteiger partial charge on any atom is -0.493 e. The third-order valence-electron chi connectivity index (χ3n) is 7.07. The second-order valence-corrected chi connectivity index (χ2v) is 12.7. The van der Waals surface area contributed by atoms with Crippen molar-refractivity contribution in [3.05, 3.63) is 59.9 Å². The van der Waals surface area contributed by atoms with Crippen LogP contribution in [0.4, 0.5) is 16.0 Å². The molecule has 1 aliphatic heterocycles. The van der Waals surface area contributed by atoms with E-state index >= 15 is 0 Å². The molecular formula is C29H36FN5O4S. The van der Waals surface area contributed by atoms with Crippen molar-refractivity contribution in [1.29, 1.82) is 0 Å². The molecule has 1 aliphatic rings. The highest BCUT2D eigenvalue weighted by Gasteiger charge is 2.41. The molecular weight excluding hydrogens is 533 g/mol. The van der Waals surface area contributed by atoms with Crippen molar-refractivity contribution < 1.29 is 22.3 Å². The zero-order valence-electron chi connectivity index (χ0n) is 23.4. The number of halogens is 1. The number of nitrogen functional groups attached to an aromatic ring is 1. The van der Waals surface area contributed by atoms with E-state index in [1.807, 2.05) is 13.8 Å². The number of nitrogens with zero attached hydrogens (tertiary/aromatic N) is 3. The second-order valence-electron chi connectivity index (χ2n) is 11.1. The highest BCUT2D eigenvalue weighted by atomic mass is 32.2. The predicted molar refractivity (Wildman–Crippen MR) is 153 cm³/mol. The molecule has 1 fully saturated rings. The average Bonchev–Trinajstić information content (AvgIpc) is 3.20. The van der Waals surface area contributed by atoms with Gasteiger partial charge in [0.2, 0.25) is 0 Å². The number of nitrogens with one attached hydrogen (secondary N) is 1. The largest absolute Gasteiger partial charge is 0.493 e. The van der Waals surface area contributed by atoms with Gasteiger partial charge in [-0.05, 0) is 68.0 Å². The Hall–Kier alpha value is -3.73. The number of amides is 1. The number of rotatable bonds is 9. The van der Waals surface area contributed by atoms with Crippen molar-refractivity contribution >= 4 is 27.6 Å². The summed E-state index contributed by atoms with van der Waals surface area (Å²) in [7, 11) is -4.31. The highest BCUT2D eigenvalue weighted by molar-refractivity contribution is 7.90. The van der Waals surface area contributed by atoms with Crippen LogP contribution in [0.2, 0.25) is 0 Å². The first-order valence-corrected chi connectivity index (χ1v) is 14.8. The second kappa shape index (κ2) is 11.4. The maximum Gasteiger partial charge on any atom is 0.281 e. The number of anilines is 2. The molecule has 0 spiro atoms. The minimum atomic E-state index is -4.31. The number of aromatic nitrogens is 2. The highest BCUT2D eigenvalue weighted by Crippen LogP contribution is 2.40. The molecule has 0 bridgehead atoms. The van der Waals surface area contributed by atoms with E-state index in [1.165, 1.54) is 36.4 Å². The van der Waals surface area contributed by atoms with E-state index in [0.717, 1.165) is 12.8 Å². The molecule has 3 aromatic rings. The molecule has 2 unspecified atom stereocenters. The van der Waals surface area contributed by atoms with E-state index in [0.29, 0.717) is 41.9 Å². The van der Waals surface area contributed by atoms with Gasteiger partial charge in [0.1, 0.15) is 23.2 Å². The fourth-order valence-electron chi connectivity index (χ4n) is 4.99. The van der Waals surface area contributed by atoms with Crippen LogP contribution in [0.3, 0.4) is 0 Å². The van der Waals surface area contributed by atoms with Gasteiger partial charge in [-0.2, -0.15) is 8.42 Å². The zero-order valence-corrected chi connectivity index (χ0v) is 24.3. The molecule has 1 saturated heterocycles. The lowest BCUT2D eigenvalue weighted by atomic mass is 9.92. The summed E-state index contributed by atoms with van der Waals surface area (Å²) in [6.45, 7) is 11.3. The van der Waals surface area contributed by atoms with E-state index in [2.05, 4.69) is 35.4 Å². The van der Waals surface area contributed by atoms with Crippen molar-refractivity contribution in [1.82, 2.24) is 14.7 Å². The SMILES string of the molecule is CCC1(C)CC(C)CN1c1nc(-c2cc(F)cc(OCC(C)C)c2)ccc1C(=O)NS(=O)(=O)c1cccc(N)n1. The van der Waals surface area contributed by atoms with Crippen LogP contribution in [0.15, 0.2) is 53.6 Å². The smallest absolute Gasteiger partial charge is 0.281 e. The third-order valence-corrected chi connectivity index (χ3v) is 8.30. The number of benzene rings is 1. The van der Waals surface area contributed by atoms with Crippen molar-refractivity contribution in [3.63, 3.8) is 0 Å². The van der Waals surface area contributed by atoms with Gasteiger partial charge in [0.15, 0.2) is 5.03 Å². The van der Waals surface area contributed by atoms with Gasteiger partial charge in [0.05, 0.1) is 17.9 Å². The monoisotopic (exact) mass is 569 g/mol. The van der Waals surface area contributed by atoms with Gasteiger partial charge >= 0.3 is 0 Å². The molecule has 3 N–H and O–H groups in total. The lowest BCUT2D eigenvalue weighted by molar-refractivity contribution is 0.0981. The molecule has 1 amide bonds. The Bertz CT molecular complexity index is 1510. The fourth-order valence-corrected chi connectivity index (χ4v) is 5.94. The maximum atomic E-state index is 14.6. The predicted octanol–water partition coefficient (Wildman–Crippen LogP) is 5.03. The van der Waals surface area contributed by atoms with Gasteiger partial charge in [-0.1, -0.05) is 33.8 Å². The number of pyridine rings is 2. The summed E-state index contributed by atoms with van der Waals surface area (Å²) in [5, 5.41) is -0.367. The van der Waals surface area contributed by atoms with Gasteiger partial charge in [-0.25, -0.2) is 19.1 Å². The molecule has 40 heavy (non-hydrogen) atoms. The lowest BCUT2D eigenvalue weighted by Gasteiger charge is -2.36. The van der Waals surface area contributed by atoms with Gasteiger partial charge in [-0.15, -0.1) is 0 Å². The molecule has 9 nitrogen and oxygen atoms in total. The van der Waals surface area contributed by atoms with Crippen LogP contribution in [-0.2, 0) is 10.0 Å². The molecule has 2 atom stereocenters. The number of hydrogen-bond acceptors (Lipinski definition) is 8. The van der Waals surface area contributed by atoms with Crippen molar-refractivity contribution in [2.45, 2.75) is 58.0 Å². The van der Waals surface area contributed by atoms with Crippen LogP contribution in [0.5, 0.6) is 5.75 Å². The number of sulfonamides is 1. The van der Waals surface area contributed by atoms with Crippen LogP contribution < -0.4 is 20.1 Å². The topological polar surface area (TPSA) is 128 Å². The first-order chi connectivity index (χ1) is 18.8. The van der Waals surface area contributed by atoms with Crippen LogP contribution >= 0.6 is 0 Å². The summed E-state index contributed by atoms with van der Waals surface area (Å²) in [4.78, 5) is 24.2. The van der Waals surface area contributed by atoms with E-state index in [9.17, 15) is 17.6 Å². The summed E-state index contributed by atoms with van der Waals surface area (Å²) in [6.07, 6.45) is 1.65. The first kappa shape index (κ1) is 29.3. The van der Waals surface area contributed by atoms with E-state index in [1.54, 1.807) is 12.1 Å². The van der Waals surface area contributed by atoms with Crippen LogP contribution in [0, 0.1) is 17.7 Å². The first-order valence-electron chi connectivity index (χ1n) is 13.3. The zero-order chi connectivity index (χ0) is 29.2. The number of hydrogen-bond donors (Lipinski definition) is 2. The van der Waals surface area contributed by atoms with E-state index < -0.39 is 21.7 Å². The molecule has 2 aromatic heterocycles. The molecule has 0 radical (unpaired) electrons. The normalized spacial score (nSPS) is 19.2. The minimum absolute atomic E-state index is 0.0126. The van der Waals surface area contributed by atoms with Gasteiger partial charge in [0.25, 0.3) is 15.9 Å². The van der Waals surface area contributed by atoms with E-state index in [-0.39, 0.29) is 27.9 Å². The van der Waals surface area contributed by atoms with Crippen LogP contribution in [-0.4, -0.2) is 43.0 Å². The Labute approximate surface area is 235 Å². The van der Waals surface area contributed by atoms with Crippen LogP contribution in [0.25, 0.3) is 11.3 Å². The molecule has 4 rings (SSSR count). The van der Waals surface area contributed by atoms with Crippen molar-refractivity contribution in [2.24, 2.45) is 11.8 Å². The summed E-state index contributed by atoms with van der Waals surface area (Å²) in [5.74, 6) is -0.0322. The molecule has 214 valence electrons. The molecule has 0 saturated carbocycles. The number of carbonyl (C=O) groups excluding carboxylic acids is 1. The van der Waals surface area contributed by atoms with Gasteiger partial charge in [0, 0.05) is 23.7 Å². The summed E-state index contributed by atoms with van der Waals surface area (Å²) in [6, 6.07) is 11.6. The van der Waals surface area contributed by atoms with Gasteiger partial charge in [-0.3, -0.25) is 4.79 Å². The van der Waals surface area contributed by atoms with Crippen molar-refractivity contribution in [3.8, 4) is 17.0 Å². The molecule has 0 aliphatic carbocycles. The quantitative estimate of drug-likeness (QED) is 0.367. The van der Waals surface area contributed by atoms with E-state index in [4.69, 9.17) is 15.5 Å². The Morgan fingerprint density at radius 3 is 2.65 bits per heavy atom. The Morgan fingerprint density at radius 1 is 1.23 bits per heavy atom.